The maximum absolute atomic E-state index is 8.02. The van der Waals surface area contributed by atoms with Crippen molar-refractivity contribution >= 4 is 35.8 Å². The van der Waals surface area contributed by atoms with Gasteiger partial charge in [0, 0.05) is 0 Å². The highest BCUT2D eigenvalue weighted by Crippen LogP contribution is 2.36. The minimum absolute atomic E-state index is 0.0580. The van der Waals surface area contributed by atoms with Crippen molar-refractivity contribution in [1.82, 2.24) is 0 Å². The van der Waals surface area contributed by atoms with E-state index >= 15 is 0 Å². The fourth-order valence-electron chi connectivity index (χ4n) is 1.46. The molecule has 1 aliphatic rings. The molecule has 0 amide bonds. The first kappa shape index (κ1) is 9.68. The summed E-state index contributed by atoms with van der Waals surface area (Å²) in [6, 6.07) is -0.545. The first-order chi connectivity index (χ1) is 8.99. The van der Waals surface area contributed by atoms with Crippen molar-refractivity contribution in [3.8, 4) is 0 Å². The Balaban J connectivity index is 2.57. The Labute approximate surface area is 117 Å². The SMILES string of the molecule is [2H]c1c([2H])c(B2OC(C)(C)C(C)(C)O2)c([2H])c(Cl)c1Cl. The Morgan fingerprint density at radius 1 is 1.06 bits per heavy atom. The molecule has 17 heavy (non-hydrogen) atoms. The van der Waals surface area contributed by atoms with E-state index in [2.05, 4.69) is 0 Å². The van der Waals surface area contributed by atoms with E-state index in [0.29, 0.717) is 0 Å². The Kier molecular flexibility index (Phi) is 2.37. The molecule has 0 spiro atoms. The van der Waals surface area contributed by atoms with Gasteiger partial charge < -0.3 is 9.31 Å². The van der Waals surface area contributed by atoms with Gasteiger partial charge in [-0.3, -0.25) is 0 Å². The summed E-state index contributed by atoms with van der Waals surface area (Å²) in [4.78, 5) is 0. The lowest BCUT2D eigenvalue weighted by Crippen LogP contribution is -2.41. The molecule has 0 bridgehead atoms. The van der Waals surface area contributed by atoms with Crippen LogP contribution in [-0.4, -0.2) is 18.3 Å². The fraction of sp³-hybridized carbons (Fsp3) is 0.500. The monoisotopic (exact) mass is 275 g/mol. The van der Waals surface area contributed by atoms with Crippen LogP contribution in [0.15, 0.2) is 18.1 Å². The van der Waals surface area contributed by atoms with Crippen LogP contribution in [0, 0.1) is 0 Å². The highest BCUT2D eigenvalue weighted by Gasteiger charge is 2.51. The topological polar surface area (TPSA) is 18.5 Å². The predicted molar refractivity (Wildman–Crippen MR) is 72.2 cm³/mol. The van der Waals surface area contributed by atoms with Crippen molar-refractivity contribution in [2.24, 2.45) is 0 Å². The van der Waals surface area contributed by atoms with Gasteiger partial charge in [-0.25, -0.2) is 0 Å². The Morgan fingerprint density at radius 3 is 2.12 bits per heavy atom. The summed E-state index contributed by atoms with van der Waals surface area (Å²) >= 11 is 11.8. The molecule has 1 saturated heterocycles. The van der Waals surface area contributed by atoms with Crippen LogP contribution in [0.2, 0.25) is 10.0 Å². The Hall–Kier alpha value is -0.215. The van der Waals surface area contributed by atoms with Gasteiger partial charge in [0.05, 0.1) is 25.4 Å². The van der Waals surface area contributed by atoms with Crippen molar-refractivity contribution < 1.29 is 13.4 Å². The zero-order valence-corrected chi connectivity index (χ0v) is 11.7. The van der Waals surface area contributed by atoms with Crippen molar-refractivity contribution in [2.75, 3.05) is 0 Å². The first-order valence-electron chi connectivity index (χ1n) is 6.80. The van der Waals surface area contributed by atoms with Crippen LogP contribution in [0.25, 0.3) is 0 Å². The van der Waals surface area contributed by atoms with Gasteiger partial charge >= 0.3 is 7.12 Å². The van der Waals surface area contributed by atoms with Crippen LogP contribution in [0.1, 0.15) is 31.8 Å². The van der Waals surface area contributed by atoms with E-state index < -0.39 is 18.3 Å². The molecule has 0 radical (unpaired) electrons. The smallest absolute Gasteiger partial charge is 0.399 e. The molecule has 0 N–H and O–H groups in total. The molecule has 2 rings (SSSR count). The van der Waals surface area contributed by atoms with Crippen LogP contribution < -0.4 is 5.46 Å². The van der Waals surface area contributed by atoms with Crippen molar-refractivity contribution in [3.63, 3.8) is 0 Å². The van der Waals surface area contributed by atoms with Crippen LogP contribution in [0.3, 0.4) is 0 Å². The fourth-order valence-corrected chi connectivity index (χ4v) is 1.70. The van der Waals surface area contributed by atoms with E-state index in [4.69, 9.17) is 36.6 Å². The minimum Gasteiger partial charge on any atom is -0.399 e. The summed E-state index contributed by atoms with van der Waals surface area (Å²) in [7, 11) is -0.904. The van der Waals surface area contributed by atoms with Crippen molar-refractivity contribution in [1.29, 1.82) is 0 Å². The van der Waals surface area contributed by atoms with Crippen molar-refractivity contribution in [3.05, 3.63) is 28.2 Å². The molecular formula is C12H15BCl2O2. The van der Waals surface area contributed by atoms with Gasteiger partial charge in [0.2, 0.25) is 0 Å². The molecule has 0 saturated carbocycles. The minimum atomic E-state index is -0.904. The van der Waals surface area contributed by atoms with Gasteiger partial charge in [-0.2, -0.15) is 0 Å². The third-order valence-corrected chi connectivity index (χ3v) is 3.90. The van der Waals surface area contributed by atoms with E-state index in [1.165, 1.54) is 0 Å². The number of rotatable bonds is 1. The maximum Gasteiger partial charge on any atom is 0.494 e. The summed E-state index contributed by atoms with van der Waals surface area (Å²) in [6.45, 7) is 7.50. The molecule has 0 aliphatic carbocycles. The lowest BCUT2D eigenvalue weighted by atomic mass is 9.79. The molecule has 1 aromatic rings. The second kappa shape index (κ2) is 4.16. The largest absolute Gasteiger partial charge is 0.494 e. The lowest BCUT2D eigenvalue weighted by Gasteiger charge is -2.32. The van der Waals surface area contributed by atoms with Gasteiger partial charge in [-0.1, -0.05) is 29.2 Å². The summed E-state index contributed by atoms with van der Waals surface area (Å²) < 4.78 is 35.4. The molecular weight excluding hydrogens is 258 g/mol. The average Bonchev–Trinajstić information content (AvgIpc) is 2.53. The highest BCUT2D eigenvalue weighted by molar-refractivity contribution is 6.62. The molecule has 92 valence electrons. The quantitative estimate of drug-likeness (QED) is 0.733. The van der Waals surface area contributed by atoms with Gasteiger partial charge in [-0.15, -0.1) is 0 Å². The van der Waals surface area contributed by atoms with E-state index in [1.807, 2.05) is 27.7 Å². The highest BCUT2D eigenvalue weighted by atomic mass is 35.5. The molecule has 0 atom stereocenters. The van der Waals surface area contributed by atoms with Crippen LogP contribution in [0.4, 0.5) is 0 Å². The number of hydrogen-bond donors (Lipinski definition) is 0. The summed E-state index contributed by atoms with van der Waals surface area (Å²) in [5.74, 6) is 0. The third-order valence-electron chi connectivity index (χ3n) is 3.23. The molecule has 1 fully saturated rings. The van der Waals surface area contributed by atoms with E-state index in [9.17, 15) is 0 Å². The third kappa shape index (κ3) is 2.34. The average molecular weight is 276 g/mol. The van der Waals surface area contributed by atoms with Gasteiger partial charge in [0.1, 0.15) is 0 Å². The molecule has 0 unspecified atom stereocenters. The summed E-state index contributed by atoms with van der Waals surface area (Å²) in [5.41, 5.74) is -1.04. The normalized spacial score (nSPS) is 24.4. The molecule has 1 aromatic carbocycles. The molecule has 1 aliphatic heterocycles. The molecule has 2 nitrogen and oxygen atoms in total. The van der Waals surface area contributed by atoms with E-state index in [0.717, 1.165) is 0 Å². The van der Waals surface area contributed by atoms with E-state index in [-0.39, 0.29) is 33.6 Å². The zero-order chi connectivity index (χ0) is 15.5. The van der Waals surface area contributed by atoms with Crippen LogP contribution in [0.5, 0.6) is 0 Å². The van der Waals surface area contributed by atoms with Crippen LogP contribution >= 0.6 is 23.2 Å². The van der Waals surface area contributed by atoms with Gasteiger partial charge in [0.15, 0.2) is 0 Å². The Morgan fingerprint density at radius 2 is 1.59 bits per heavy atom. The molecule has 5 heteroatoms. The van der Waals surface area contributed by atoms with E-state index in [1.54, 1.807) is 0 Å². The predicted octanol–water partition coefficient (Wildman–Crippen LogP) is 3.29. The lowest BCUT2D eigenvalue weighted by molar-refractivity contribution is 0.00578. The van der Waals surface area contributed by atoms with Gasteiger partial charge in [-0.05, 0) is 45.2 Å². The summed E-state index contributed by atoms with van der Waals surface area (Å²) in [6.07, 6.45) is 0. The number of hydrogen-bond acceptors (Lipinski definition) is 2. The van der Waals surface area contributed by atoms with Crippen LogP contribution in [-0.2, 0) is 9.31 Å². The first-order valence-corrected chi connectivity index (χ1v) is 6.05. The maximum atomic E-state index is 8.02. The summed E-state index contributed by atoms with van der Waals surface area (Å²) in [5, 5.41) is -0.153. The van der Waals surface area contributed by atoms with Gasteiger partial charge in [0.25, 0.3) is 0 Å². The second-order valence-corrected chi connectivity index (χ2v) is 5.76. The Bertz CT molecular complexity index is 533. The van der Waals surface area contributed by atoms with Crippen molar-refractivity contribution in [2.45, 2.75) is 38.9 Å². The number of benzene rings is 1. The zero-order valence-electron chi connectivity index (χ0n) is 13.1. The molecule has 0 aromatic heterocycles. The second-order valence-electron chi connectivity index (χ2n) is 5.00. The standard InChI is InChI=1S/C12H15BCl2O2/c1-11(2)12(3,4)17-13(16-11)8-5-6-9(14)10(15)7-8/h5-7H,1-4H3/i5D,6D,7D. The molecule has 1 heterocycles. The number of halogens is 2.